The third-order valence-corrected chi connectivity index (χ3v) is 2.92. The molecule has 0 bridgehead atoms. The summed E-state index contributed by atoms with van der Waals surface area (Å²) in [5.74, 6) is 1.48. The molecule has 4 nitrogen and oxygen atoms in total. The summed E-state index contributed by atoms with van der Waals surface area (Å²) >= 11 is 0. The Morgan fingerprint density at radius 1 is 1.41 bits per heavy atom. The van der Waals surface area contributed by atoms with Crippen LogP contribution in [-0.2, 0) is 4.79 Å². The van der Waals surface area contributed by atoms with Gasteiger partial charge in [0.25, 0.3) is 5.91 Å². The molecule has 0 fully saturated rings. The smallest absolute Gasteiger partial charge is 0.252 e. The highest BCUT2D eigenvalue weighted by molar-refractivity contribution is 6.07. The Morgan fingerprint density at radius 3 is 2.47 bits per heavy atom. The molecule has 0 spiro atoms. The molecule has 17 heavy (non-hydrogen) atoms. The van der Waals surface area contributed by atoms with Crippen LogP contribution in [0.2, 0.25) is 0 Å². The number of carbonyl (C=O) groups excluding carboxylic acids is 1. The molecule has 0 aromatic rings. The van der Waals surface area contributed by atoms with E-state index in [2.05, 4.69) is 36.4 Å². The second-order valence-corrected chi connectivity index (χ2v) is 5.66. The molecule has 1 heterocycles. The fraction of sp³-hybridized carbons (Fsp3) is 0.846. The van der Waals surface area contributed by atoms with Gasteiger partial charge in [0.1, 0.15) is 11.4 Å². The second kappa shape index (κ2) is 5.63. The quantitative estimate of drug-likeness (QED) is 0.741. The molecule has 98 valence electrons. The monoisotopic (exact) mass is 239 g/mol. The summed E-state index contributed by atoms with van der Waals surface area (Å²) < 4.78 is 0. The van der Waals surface area contributed by atoms with Crippen LogP contribution in [0.4, 0.5) is 0 Å². The molecule has 1 rings (SSSR count). The van der Waals surface area contributed by atoms with E-state index in [1.807, 2.05) is 13.8 Å². The highest BCUT2D eigenvalue weighted by atomic mass is 16.2. The van der Waals surface area contributed by atoms with Crippen LogP contribution in [0.5, 0.6) is 0 Å². The Bertz CT molecular complexity index is 308. The number of hydrogen-bond donors (Lipinski definition) is 2. The summed E-state index contributed by atoms with van der Waals surface area (Å²) in [5, 5.41) is 6.33. The molecule has 1 atom stereocenters. The van der Waals surface area contributed by atoms with E-state index >= 15 is 0 Å². The summed E-state index contributed by atoms with van der Waals surface area (Å²) in [6.45, 7) is 11.2. The minimum absolute atomic E-state index is 0.00676. The highest BCUT2D eigenvalue weighted by Crippen LogP contribution is 2.17. The van der Waals surface area contributed by atoms with Crippen molar-refractivity contribution in [3.8, 4) is 0 Å². The van der Waals surface area contributed by atoms with Gasteiger partial charge in [0.2, 0.25) is 0 Å². The average Bonchev–Trinajstić information content (AvgIpc) is 2.39. The van der Waals surface area contributed by atoms with Gasteiger partial charge in [-0.2, -0.15) is 0 Å². The molecule has 1 aliphatic rings. The van der Waals surface area contributed by atoms with Crippen molar-refractivity contribution < 1.29 is 4.79 Å². The molecule has 0 aromatic carbocycles. The Hall–Kier alpha value is -0.900. The summed E-state index contributed by atoms with van der Waals surface area (Å²) in [6.07, 6.45) is 1.91. The zero-order valence-corrected chi connectivity index (χ0v) is 11.6. The van der Waals surface area contributed by atoms with Gasteiger partial charge in [-0.25, -0.2) is 0 Å². The molecule has 0 radical (unpaired) electrons. The van der Waals surface area contributed by atoms with E-state index in [9.17, 15) is 4.79 Å². The highest BCUT2D eigenvalue weighted by Gasteiger charge is 2.34. The van der Waals surface area contributed by atoms with Crippen molar-refractivity contribution in [3.05, 3.63) is 0 Å². The van der Waals surface area contributed by atoms with Crippen molar-refractivity contribution in [1.82, 2.24) is 10.6 Å². The standard InChI is InChI=1S/C13H25N3O/c1-6-14-10(7-9(2)3)8-11-15-12(17)13(4,5)16-11/h9-10,14H,6-8H2,1-5H3,(H,15,16,17). The lowest BCUT2D eigenvalue weighted by Gasteiger charge is -2.19. The zero-order chi connectivity index (χ0) is 13.1. The van der Waals surface area contributed by atoms with Gasteiger partial charge in [-0.1, -0.05) is 20.8 Å². The van der Waals surface area contributed by atoms with Gasteiger partial charge in [-0.3, -0.25) is 9.79 Å². The molecule has 0 aromatic heterocycles. The van der Waals surface area contributed by atoms with Crippen LogP contribution in [0.1, 0.15) is 47.5 Å². The van der Waals surface area contributed by atoms with Gasteiger partial charge in [0.15, 0.2) is 0 Å². The Kier molecular flexibility index (Phi) is 4.69. The predicted molar refractivity (Wildman–Crippen MR) is 71.2 cm³/mol. The van der Waals surface area contributed by atoms with E-state index in [0.717, 1.165) is 25.2 Å². The summed E-state index contributed by atoms with van der Waals surface area (Å²) in [6, 6.07) is 0.396. The van der Waals surface area contributed by atoms with Crippen molar-refractivity contribution in [2.75, 3.05) is 6.54 Å². The van der Waals surface area contributed by atoms with E-state index < -0.39 is 5.54 Å². The van der Waals surface area contributed by atoms with Gasteiger partial charge in [-0.15, -0.1) is 0 Å². The molecule has 4 heteroatoms. The fourth-order valence-electron chi connectivity index (χ4n) is 2.13. The van der Waals surface area contributed by atoms with Crippen molar-refractivity contribution in [2.45, 2.75) is 59.0 Å². The van der Waals surface area contributed by atoms with Gasteiger partial charge >= 0.3 is 0 Å². The Morgan fingerprint density at radius 2 is 2.06 bits per heavy atom. The molecule has 0 saturated carbocycles. The van der Waals surface area contributed by atoms with Crippen LogP contribution < -0.4 is 10.6 Å². The van der Waals surface area contributed by atoms with Crippen LogP contribution in [0, 0.1) is 5.92 Å². The van der Waals surface area contributed by atoms with E-state index in [0.29, 0.717) is 12.0 Å². The molecule has 1 aliphatic heterocycles. The van der Waals surface area contributed by atoms with E-state index in [1.165, 1.54) is 0 Å². The SMILES string of the molecule is CCNC(CC1=NC(C)(C)C(=O)N1)CC(C)C. The normalized spacial score (nSPS) is 20.4. The van der Waals surface area contributed by atoms with E-state index in [-0.39, 0.29) is 5.91 Å². The summed E-state index contributed by atoms with van der Waals surface area (Å²) in [4.78, 5) is 16.1. The number of nitrogens with one attached hydrogen (secondary N) is 2. The maximum Gasteiger partial charge on any atom is 0.252 e. The van der Waals surface area contributed by atoms with Crippen molar-refractivity contribution in [1.29, 1.82) is 0 Å². The van der Waals surface area contributed by atoms with Gasteiger partial charge in [0.05, 0.1) is 0 Å². The predicted octanol–water partition coefficient (Wildman–Crippen LogP) is 1.71. The molecular formula is C13H25N3O. The van der Waals surface area contributed by atoms with Gasteiger partial charge in [-0.05, 0) is 32.7 Å². The second-order valence-electron chi connectivity index (χ2n) is 5.66. The maximum absolute atomic E-state index is 11.6. The molecule has 2 N–H and O–H groups in total. The lowest BCUT2D eigenvalue weighted by molar-refractivity contribution is -0.122. The first-order valence-corrected chi connectivity index (χ1v) is 6.48. The fourth-order valence-corrected chi connectivity index (χ4v) is 2.13. The van der Waals surface area contributed by atoms with Crippen molar-refractivity contribution in [2.24, 2.45) is 10.9 Å². The Balaban J connectivity index is 2.59. The first-order valence-electron chi connectivity index (χ1n) is 6.48. The number of amides is 1. The van der Waals surface area contributed by atoms with Crippen LogP contribution in [0.15, 0.2) is 4.99 Å². The third kappa shape index (κ3) is 4.11. The minimum atomic E-state index is -0.593. The molecule has 0 saturated heterocycles. The average molecular weight is 239 g/mol. The molecular weight excluding hydrogens is 214 g/mol. The van der Waals surface area contributed by atoms with Crippen LogP contribution in [0.3, 0.4) is 0 Å². The Labute approximate surface area is 104 Å². The number of carbonyl (C=O) groups is 1. The van der Waals surface area contributed by atoms with Crippen molar-refractivity contribution in [3.63, 3.8) is 0 Å². The summed E-state index contributed by atoms with van der Waals surface area (Å²) in [7, 11) is 0. The van der Waals surface area contributed by atoms with Gasteiger partial charge in [0, 0.05) is 12.5 Å². The molecule has 1 unspecified atom stereocenters. The topological polar surface area (TPSA) is 53.5 Å². The lowest BCUT2D eigenvalue weighted by Crippen LogP contribution is -2.38. The first kappa shape index (κ1) is 14.2. The number of rotatable bonds is 6. The van der Waals surface area contributed by atoms with Crippen LogP contribution in [0.25, 0.3) is 0 Å². The number of nitrogens with zero attached hydrogens (tertiary/aromatic N) is 1. The zero-order valence-electron chi connectivity index (χ0n) is 11.6. The number of aliphatic imine (C=N–C) groups is 1. The largest absolute Gasteiger partial charge is 0.314 e. The van der Waals surface area contributed by atoms with Gasteiger partial charge < -0.3 is 10.6 Å². The molecule has 1 amide bonds. The minimum Gasteiger partial charge on any atom is -0.314 e. The van der Waals surface area contributed by atoms with E-state index in [4.69, 9.17) is 0 Å². The summed E-state index contributed by atoms with van der Waals surface area (Å²) in [5.41, 5.74) is -0.593. The van der Waals surface area contributed by atoms with Crippen LogP contribution in [-0.4, -0.2) is 29.9 Å². The first-order chi connectivity index (χ1) is 7.85. The number of amidine groups is 1. The van der Waals surface area contributed by atoms with Crippen LogP contribution >= 0.6 is 0 Å². The maximum atomic E-state index is 11.6. The molecule has 0 aliphatic carbocycles. The lowest BCUT2D eigenvalue weighted by atomic mass is 10.0. The van der Waals surface area contributed by atoms with Crippen molar-refractivity contribution >= 4 is 11.7 Å². The third-order valence-electron chi connectivity index (χ3n) is 2.92. The number of hydrogen-bond acceptors (Lipinski definition) is 3. The van der Waals surface area contributed by atoms with E-state index in [1.54, 1.807) is 0 Å².